The molecule has 21 heavy (non-hydrogen) atoms. The summed E-state index contributed by atoms with van der Waals surface area (Å²) in [5.74, 6) is 0. The predicted molar refractivity (Wildman–Crippen MR) is 85.9 cm³/mol. The molecule has 0 radical (unpaired) electrons. The van der Waals surface area contributed by atoms with E-state index in [-0.39, 0.29) is 16.7 Å². The molecule has 1 unspecified atom stereocenters. The maximum absolute atomic E-state index is 11.0. The van der Waals surface area contributed by atoms with E-state index in [1.54, 1.807) is 18.2 Å². The quantitative estimate of drug-likeness (QED) is 0.670. The fraction of sp³-hybridized carbons (Fsp3) is 0.250. The van der Waals surface area contributed by atoms with Gasteiger partial charge < -0.3 is 10.2 Å². The van der Waals surface area contributed by atoms with Gasteiger partial charge in [0.25, 0.3) is 5.69 Å². The van der Waals surface area contributed by atoms with E-state index in [0.717, 1.165) is 11.3 Å². The van der Waals surface area contributed by atoms with E-state index in [0.29, 0.717) is 5.69 Å². The van der Waals surface area contributed by atoms with Crippen LogP contribution in [-0.4, -0.2) is 19.0 Å². The number of nitro groups is 1. The molecule has 0 spiro atoms. The van der Waals surface area contributed by atoms with Crippen LogP contribution in [0.25, 0.3) is 0 Å². The lowest BCUT2D eigenvalue weighted by Gasteiger charge is -2.18. The van der Waals surface area contributed by atoms with Crippen LogP contribution >= 0.6 is 0 Å². The van der Waals surface area contributed by atoms with Gasteiger partial charge in [0.1, 0.15) is 5.69 Å². The van der Waals surface area contributed by atoms with Gasteiger partial charge >= 0.3 is 0 Å². The minimum Gasteiger partial charge on any atom is -0.378 e. The molecule has 0 aliphatic carbocycles. The number of anilines is 2. The summed E-state index contributed by atoms with van der Waals surface area (Å²) in [6.07, 6.45) is 0. The zero-order chi connectivity index (χ0) is 15.4. The molecule has 1 atom stereocenters. The summed E-state index contributed by atoms with van der Waals surface area (Å²) in [5, 5.41) is 14.2. The molecule has 0 aliphatic rings. The minimum absolute atomic E-state index is 0.0117. The van der Waals surface area contributed by atoms with E-state index in [2.05, 4.69) is 5.32 Å². The summed E-state index contributed by atoms with van der Waals surface area (Å²) in [4.78, 5) is 12.7. The molecule has 1 N–H and O–H groups in total. The lowest BCUT2D eigenvalue weighted by atomic mass is 10.1. The molecule has 0 aliphatic heterocycles. The summed E-state index contributed by atoms with van der Waals surface area (Å²) >= 11 is 0. The molecular formula is C16H19N3O2. The van der Waals surface area contributed by atoms with Crippen LogP contribution in [0.4, 0.5) is 17.1 Å². The van der Waals surface area contributed by atoms with Crippen molar-refractivity contribution in [2.24, 2.45) is 0 Å². The van der Waals surface area contributed by atoms with E-state index in [1.165, 1.54) is 6.07 Å². The number of nitrogens with zero attached hydrogens (tertiary/aromatic N) is 2. The molecule has 0 saturated heterocycles. The predicted octanol–water partition coefficient (Wildman–Crippen LogP) is 3.83. The van der Waals surface area contributed by atoms with E-state index in [1.807, 2.05) is 50.2 Å². The van der Waals surface area contributed by atoms with Crippen LogP contribution in [0.2, 0.25) is 0 Å². The second kappa shape index (κ2) is 6.26. The Balaban J connectivity index is 2.18. The monoisotopic (exact) mass is 285 g/mol. The van der Waals surface area contributed by atoms with Crippen molar-refractivity contribution < 1.29 is 4.92 Å². The van der Waals surface area contributed by atoms with Crippen molar-refractivity contribution in [1.29, 1.82) is 0 Å². The molecule has 110 valence electrons. The Labute approximate surface area is 124 Å². The van der Waals surface area contributed by atoms with E-state index in [9.17, 15) is 10.1 Å². The second-order valence-corrected chi connectivity index (χ2v) is 5.13. The van der Waals surface area contributed by atoms with Crippen molar-refractivity contribution in [2.45, 2.75) is 13.0 Å². The average Bonchev–Trinajstić information content (AvgIpc) is 2.47. The van der Waals surface area contributed by atoms with Crippen molar-refractivity contribution in [2.75, 3.05) is 24.3 Å². The highest BCUT2D eigenvalue weighted by Crippen LogP contribution is 2.28. The van der Waals surface area contributed by atoms with Gasteiger partial charge in [0.2, 0.25) is 0 Å². The standard InChI is InChI=1S/C16H19N3O2/c1-12(13-8-10-14(11-9-13)18(2)3)17-15-6-4-5-7-16(15)19(20)21/h4-12,17H,1-3H3. The van der Waals surface area contributed by atoms with E-state index in [4.69, 9.17) is 0 Å². The zero-order valence-corrected chi connectivity index (χ0v) is 12.4. The molecule has 0 bridgehead atoms. The first-order valence-corrected chi connectivity index (χ1v) is 6.76. The number of nitro benzene ring substituents is 1. The van der Waals surface area contributed by atoms with E-state index >= 15 is 0 Å². The third-order valence-electron chi connectivity index (χ3n) is 3.38. The smallest absolute Gasteiger partial charge is 0.292 e. The second-order valence-electron chi connectivity index (χ2n) is 5.13. The van der Waals surface area contributed by atoms with Gasteiger partial charge in [-0.15, -0.1) is 0 Å². The average molecular weight is 285 g/mol. The molecule has 5 nitrogen and oxygen atoms in total. The van der Waals surface area contributed by atoms with Crippen LogP contribution < -0.4 is 10.2 Å². The number of benzene rings is 2. The highest BCUT2D eigenvalue weighted by Gasteiger charge is 2.15. The van der Waals surface area contributed by atoms with Crippen LogP contribution in [0, 0.1) is 10.1 Å². The van der Waals surface area contributed by atoms with Crippen LogP contribution in [0.3, 0.4) is 0 Å². The number of hydrogen-bond acceptors (Lipinski definition) is 4. The molecule has 0 heterocycles. The lowest BCUT2D eigenvalue weighted by molar-refractivity contribution is -0.384. The molecule has 2 aromatic carbocycles. The molecule has 5 heteroatoms. The Morgan fingerprint density at radius 3 is 2.29 bits per heavy atom. The molecule has 0 amide bonds. The summed E-state index contributed by atoms with van der Waals surface area (Å²) in [7, 11) is 3.98. The number of hydrogen-bond donors (Lipinski definition) is 1. The van der Waals surface area contributed by atoms with Crippen LogP contribution in [0.15, 0.2) is 48.5 Å². The molecule has 2 aromatic rings. The molecule has 0 aromatic heterocycles. The van der Waals surface area contributed by atoms with Gasteiger partial charge in [0, 0.05) is 31.9 Å². The van der Waals surface area contributed by atoms with Crippen molar-refractivity contribution in [3.63, 3.8) is 0 Å². The SMILES string of the molecule is CC(Nc1ccccc1[N+](=O)[O-])c1ccc(N(C)C)cc1. The molecule has 2 rings (SSSR count). The highest BCUT2D eigenvalue weighted by molar-refractivity contribution is 5.62. The summed E-state index contributed by atoms with van der Waals surface area (Å²) < 4.78 is 0. The van der Waals surface area contributed by atoms with Gasteiger partial charge in [0.15, 0.2) is 0 Å². The van der Waals surface area contributed by atoms with Gasteiger partial charge in [-0.3, -0.25) is 10.1 Å². The number of nitrogens with one attached hydrogen (secondary N) is 1. The zero-order valence-electron chi connectivity index (χ0n) is 12.4. The Kier molecular flexibility index (Phi) is 4.42. The topological polar surface area (TPSA) is 58.4 Å². The number of rotatable bonds is 5. The van der Waals surface area contributed by atoms with Crippen LogP contribution in [-0.2, 0) is 0 Å². The molecule has 0 saturated carbocycles. The van der Waals surface area contributed by atoms with Crippen molar-refractivity contribution in [1.82, 2.24) is 0 Å². The van der Waals surface area contributed by atoms with Crippen molar-refractivity contribution >= 4 is 17.1 Å². The summed E-state index contributed by atoms with van der Waals surface area (Å²) in [6, 6.07) is 14.8. The van der Waals surface area contributed by atoms with Gasteiger partial charge in [-0.05, 0) is 30.7 Å². The van der Waals surface area contributed by atoms with Crippen molar-refractivity contribution in [3.05, 3.63) is 64.2 Å². The van der Waals surface area contributed by atoms with Gasteiger partial charge in [-0.1, -0.05) is 24.3 Å². The number of para-hydroxylation sites is 2. The van der Waals surface area contributed by atoms with Crippen LogP contribution in [0.1, 0.15) is 18.5 Å². The fourth-order valence-corrected chi connectivity index (χ4v) is 2.13. The maximum Gasteiger partial charge on any atom is 0.292 e. The largest absolute Gasteiger partial charge is 0.378 e. The van der Waals surface area contributed by atoms with Gasteiger partial charge in [-0.2, -0.15) is 0 Å². The summed E-state index contributed by atoms with van der Waals surface area (Å²) in [6.45, 7) is 1.99. The Hall–Kier alpha value is -2.56. The third kappa shape index (κ3) is 3.51. The first-order chi connectivity index (χ1) is 9.99. The molecule has 0 fully saturated rings. The normalized spacial score (nSPS) is 11.8. The fourth-order valence-electron chi connectivity index (χ4n) is 2.13. The van der Waals surface area contributed by atoms with Gasteiger partial charge in [-0.25, -0.2) is 0 Å². The highest BCUT2D eigenvalue weighted by atomic mass is 16.6. The first kappa shape index (κ1) is 14.8. The third-order valence-corrected chi connectivity index (χ3v) is 3.38. The Morgan fingerprint density at radius 1 is 1.10 bits per heavy atom. The first-order valence-electron chi connectivity index (χ1n) is 6.76. The van der Waals surface area contributed by atoms with Crippen LogP contribution in [0.5, 0.6) is 0 Å². The Bertz CT molecular complexity index is 624. The summed E-state index contributed by atoms with van der Waals surface area (Å²) in [5.41, 5.74) is 2.83. The molecular weight excluding hydrogens is 266 g/mol. The Morgan fingerprint density at radius 2 is 1.71 bits per heavy atom. The van der Waals surface area contributed by atoms with Gasteiger partial charge in [0.05, 0.1) is 4.92 Å². The van der Waals surface area contributed by atoms with Crippen molar-refractivity contribution in [3.8, 4) is 0 Å². The lowest BCUT2D eigenvalue weighted by Crippen LogP contribution is -2.10. The maximum atomic E-state index is 11.0. The van der Waals surface area contributed by atoms with E-state index < -0.39 is 0 Å². The minimum atomic E-state index is -0.371.